The Morgan fingerprint density at radius 3 is 1.61 bits per heavy atom. The molecule has 3 heteroatoms. The maximum Gasteiger partial charge on any atom is 0.152 e. The molecule has 0 heterocycles. The Labute approximate surface area is 191 Å². The highest BCUT2D eigenvalue weighted by molar-refractivity contribution is 9.10. The molecule has 2 nitrogen and oxygen atoms in total. The molecule has 2 unspecified atom stereocenters. The number of hydrogen-bond acceptors (Lipinski definition) is 2. The fourth-order valence-electron chi connectivity index (χ4n) is 4.80. The SMILES string of the molecule is Cc1ccc(C2(O)c3ccccc3-c3cc(Br)ccc3C2(O)c2ccc(C)cc2)cc1. The van der Waals surface area contributed by atoms with Gasteiger partial charge in [-0.2, -0.15) is 0 Å². The van der Waals surface area contributed by atoms with E-state index in [-0.39, 0.29) is 0 Å². The molecule has 31 heavy (non-hydrogen) atoms. The molecule has 0 aromatic heterocycles. The summed E-state index contributed by atoms with van der Waals surface area (Å²) in [6.07, 6.45) is 0. The van der Waals surface area contributed by atoms with E-state index in [4.69, 9.17) is 0 Å². The van der Waals surface area contributed by atoms with Crippen LogP contribution in [-0.2, 0) is 11.2 Å². The largest absolute Gasteiger partial charge is 0.377 e. The number of hydrogen-bond donors (Lipinski definition) is 2. The number of fused-ring (bicyclic) bond motifs is 3. The maximum absolute atomic E-state index is 12.6. The summed E-state index contributed by atoms with van der Waals surface area (Å²) in [5.74, 6) is 0. The van der Waals surface area contributed by atoms with E-state index in [0.29, 0.717) is 22.3 Å². The van der Waals surface area contributed by atoms with Crippen LogP contribution in [0.1, 0.15) is 33.4 Å². The molecule has 2 atom stereocenters. The molecular formula is C28H23BrO2. The lowest BCUT2D eigenvalue weighted by Crippen LogP contribution is -2.53. The predicted octanol–water partition coefficient (Wildman–Crippen LogP) is 6.22. The number of benzene rings is 4. The third-order valence-corrected chi connectivity index (χ3v) is 6.93. The highest BCUT2D eigenvalue weighted by atomic mass is 79.9. The van der Waals surface area contributed by atoms with Gasteiger partial charge in [-0.15, -0.1) is 0 Å². The minimum absolute atomic E-state index is 0.652. The molecule has 4 aromatic rings. The Kier molecular flexibility index (Phi) is 4.67. The zero-order chi connectivity index (χ0) is 21.8. The molecule has 0 saturated heterocycles. The normalized spacial score (nSPS) is 22.0. The smallest absolute Gasteiger partial charge is 0.152 e. The fraction of sp³-hybridized carbons (Fsp3) is 0.143. The summed E-state index contributed by atoms with van der Waals surface area (Å²) in [7, 11) is 0. The van der Waals surface area contributed by atoms with Gasteiger partial charge < -0.3 is 10.2 Å². The highest BCUT2D eigenvalue weighted by Crippen LogP contribution is 2.57. The van der Waals surface area contributed by atoms with Crippen molar-refractivity contribution in [2.45, 2.75) is 25.0 Å². The Morgan fingerprint density at radius 2 is 1.06 bits per heavy atom. The molecule has 154 valence electrons. The number of rotatable bonds is 2. The van der Waals surface area contributed by atoms with Crippen molar-refractivity contribution in [2.75, 3.05) is 0 Å². The van der Waals surface area contributed by atoms with Gasteiger partial charge in [0.25, 0.3) is 0 Å². The minimum atomic E-state index is -1.68. The summed E-state index contributed by atoms with van der Waals surface area (Å²) >= 11 is 3.58. The summed E-state index contributed by atoms with van der Waals surface area (Å²) in [6.45, 7) is 4.03. The second kappa shape index (κ2) is 7.16. The third-order valence-electron chi connectivity index (χ3n) is 6.44. The van der Waals surface area contributed by atoms with Gasteiger partial charge in [0.1, 0.15) is 0 Å². The van der Waals surface area contributed by atoms with Gasteiger partial charge in [0.15, 0.2) is 11.2 Å². The average Bonchev–Trinajstić information content (AvgIpc) is 2.78. The first kappa shape index (κ1) is 20.2. The zero-order valence-corrected chi connectivity index (χ0v) is 19.0. The summed E-state index contributed by atoms with van der Waals surface area (Å²) in [4.78, 5) is 0. The molecule has 2 N–H and O–H groups in total. The van der Waals surface area contributed by atoms with Gasteiger partial charge in [-0.1, -0.05) is 106 Å². The first-order valence-electron chi connectivity index (χ1n) is 10.3. The molecule has 1 aliphatic carbocycles. The summed E-state index contributed by atoms with van der Waals surface area (Å²) in [5.41, 5.74) is 3.34. The van der Waals surface area contributed by atoms with Crippen LogP contribution in [0.3, 0.4) is 0 Å². The molecule has 0 radical (unpaired) electrons. The molecule has 0 fully saturated rings. The van der Waals surface area contributed by atoms with E-state index in [9.17, 15) is 10.2 Å². The first-order chi connectivity index (χ1) is 14.9. The summed E-state index contributed by atoms with van der Waals surface area (Å²) in [6, 6.07) is 29.2. The standard InChI is InChI=1S/C28H23BrO2/c1-18-7-11-20(12-8-18)27(30)25-6-4-3-5-23(25)24-17-22(29)15-16-26(24)28(27,31)21-13-9-19(2)10-14-21/h3-17,30-31H,1-2H3. The van der Waals surface area contributed by atoms with E-state index < -0.39 is 11.2 Å². The van der Waals surface area contributed by atoms with Gasteiger partial charge in [0.05, 0.1) is 0 Å². The van der Waals surface area contributed by atoms with Gasteiger partial charge >= 0.3 is 0 Å². The Hall–Kier alpha value is -2.72. The summed E-state index contributed by atoms with van der Waals surface area (Å²) in [5, 5.41) is 25.2. The van der Waals surface area contributed by atoms with E-state index in [0.717, 1.165) is 26.7 Å². The lowest BCUT2D eigenvalue weighted by Gasteiger charge is -2.49. The minimum Gasteiger partial charge on any atom is -0.377 e. The molecular weight excluding hydrogens is 448 g/mol. The molecule has 0 amide bonds. The van der Waals surface area contributed by atoms with Crippen molar-refractivity contribution in [3.8, 4) is 11.1 Å². The predicted molar refractivity (Wildman–Crippen MR) is 128 cm³/mol. The van der Waals surface area contributed by atoms with Crippen molar-refractivity contribution in [3.63, 3.8) is 0 Å². The summed E-state index contributed by atoms with van der Waals surface area (Å²) < 4.78 is 0.924. The lowest BCUT2D eigenvalue weighted by molar-refractivity contribution is -0.114. The molecule has 0 spiro atoms. The molecule has 0 aliphatic heterocycles. The Morgan fingerprint density at radius 1 is 0.581 bits per heavy atom. The molecule has 1 aliphatic rings. The molecule has 4 aromatic carbocycles. The van der Waals surface area contributed by atoms with Gasteiger partial charge in [0, 0.05) is 4.47 Å². The molecule has 0 bridgehead atoms. The van der Waals surface area contributed by atoms with Crippen LogP contribution in [0.25, 0.3) is 11.1 Å². The van der Waals surface area contributed by atoms with Crippen LogP contribution in [0.4, 0.5) is 0 Å². The van der Waals surface area contributed by atoms with Crippen molar-refractivity contribution < 1.29 is 10.2 Å². The van der Waals surface area contributed by atoms with Crippen molar-refractivity contribution in [1.29, 1.82) is 0 Å². The van der Waals surface area contributed by atoms with E-state index in [1.165, 1.54) is 0 Å². The number of aliphatic hydroxyl groups is 2. The van der Waals surface area contributed by atoms with Gasteiger partial charge in [0.2, 0.25) is 0 Å². The van der Waals surface area contributed by atoms with Crippen LogP contribution in [0.2, 0.25) is 0 Å². The van der Waals surface area contributed by atoms with Gasteiger partial charge in [-0.25, -0.2) is 0 Å². The van der Waals surface area contributed by atoms with E-state index >= 15 is 0 Å². The maximum atomic E-state index is 12.6. The number of aryl methyl sites for hydroxylation is 2. The van der Waals surface area contributed by atoms with Crippen LogP contribution in [0, 0.1) is 13.8 Å². The van der Waals surface area contributed by atoms with Crippen LogP contribution >= 0.6 is 15.9 Å². The second-order valence-corrected chi connectivity index (χ2v) is 9.30. The van der Waals surface area contributed by atoms with Crippen LogP contribution in [-0.4, -0.2) is 10.2 Å². The number of halogens is 1. The third kappa shape index (κ3) is 2.85. The van der Waals surface area contributed by atoms with Crippen molar-refractivity contribution in [3.05, 3.63) is 129 Å². The zero-order valence-electron chi connectivity index (χ0n) is 17.4. The topological polar surface area (TPSA) is 40.5 Å². The van der Waals surface area contributed by atoms with Gasteiger partial charge in [-0.3, -0.25) is 0 Å². The van der Waals surface area contributed by atoms with Crippen LogP contribution in [0.15, 0.2) is 95.5 Å². The quantitative estimate of drug-likeness (QED) is 0.365. The van der Waals surface area contributed by atoms with Crippen LogP contribution in [0.5, 0.6) is 0 Å². The van der Waals surface area contributed by atoms with E-state index in [1.54, 1.807) is 0 Å². The average molecular weight is 471 g/mol. The first-order valence-corrected chi connectivity index (χ1v) is 11.1. The van der Waals surface area contributed by atoms with Crippen molar-refractivity contribution in [1.82, 2.24) is 0 Å². The van der Waals surface area contributed by atoms with Crippen molar-refractivity contribution in [2.24, 2.45) is 0 Å². The monoisotopic (exact) mass is 470 g/mol. The highest BCUT2D eigenvalue weighted by Gasteiger charge is 2.58. The molecule has 5 rings (SSSR count). The molecule has 0 saturated carbocycles. The van der Waals surface area contributed by atoms with Crippen molar-refractivity contribution >= 4 is 15.9 Å². The lowest BCUT2D eigenvalue weighted by atomic mass is 9.60. The Bertz CT molecular complexity index is 1280. The van der Waals surface area contributed by atoms with Gasteiger partial charge in [-0.05, 0) is 59.4 Å². The Balaban J connectivity index is 1.94. The van der Waals surface area contributed by atoms with Crippen LogP contribution < -0.4 is 0 Å². The fourth-order valence-corrected chi connectivity index (χ4v) is 5.16. The second-order valence-electron chi connectivity index (χ2n) is 8.39. The van der Waals surface area contributed by atoms with E-state index in [2.05, 4.69) is 15.9 Å². The van der Waals surface area contributed by atoms with E-state index in [1.807, 2.05) is 105 Å².